The van der Waals surface area contributed by atoms with Crippen molar-refractivity contribution in [3.63, 3.8) is 0 Å². The van der Waals surface area contributed by atoms with E-state index in [1.807, 2.05) is 17.8 Å². The van der Waals surface area contributed by atoms with Gasteiger partial charge < -0.3 is 19.9 Å². The zero-order valence-electron chi connectivity index (χ0n) is 18.7. The number of fused-ring (bicyclic) bond motifs is 2. The maximum Gasteiger partial charge on any atom is 0.271 e. The number of hydrogen-bond acceptors (Lipinski definition) is 10. The number of ether oxygens (including phenoxy) is 1. The minimum absolute atomic E-state index is 0.00858. The molecule has 35 heavy (non-hydrogen) atoms. The fourth-order valence-electron chi connectivity index (χ4n) is 4.05. The molecule has 1 aliphatic rings. The Hall–Kier alpha value is -4.59. The molecular formula is C21H21N11O3. The first-order valence-electron chi connectivity index (χ1n) is 11.0. The maximum absolute atomic E-state index is 11.1. The van der Waals surface area contributed by atoms with Gasteiger partial charge in [0.25, 0.3) is 5.69 Å². The summed E-state index contributed by atoms with van der Waals surface area (Å²) in [7, 11) is 1.85. The number of nitrogens with one attached hydrogen (secondary N) is 2. The highest BCUT2D eigenvalue weighted by molar-refractivity contribution is 5.85. The molecule has 0 saturated carbocycles. The van der Waals surface area contributed by atoms with E-state index in [1.165, 1.54) is 12.1 Å². The number of hydrogen-bond donors (Lipinski definition) is 2. The van der Waals surface area contributed by atoms with Crippen LogP contribution in [-0.4, -0.2) is 70.5 Å². The minimum atomic E-state index is -0.429. The van der Waals surface area contributed by atoms with Crippen molar-refractivity contribution in [3.05, 3.63) is 52.9 Å². The van der Waals surface area contributed by atoms with Crippen LogP contribution in [-0.2, 0) is 18.3 Å². The van der Waals surface area contributed by atoms with Gasteiger partial charge in [-0.3, -0.25) is 19.4 Å². The number of H-pyrrole nitrogens is 1. The lowest BCUT2D eigenvalue weighted by molar-refractivity contribution is -0.384. The number of imidazole rings is 2. The van der Waals surface area contributed by atoms with Crippen LogP contribution in [0.3, 0.4) is 0 Å². The highest BCUT2D eigenvalue weighted by Crippen LogP contribution is 2.26. The van der Waals surface area contributed by atoms with Crippen LogP contribution in [0.5, 0.6) is 0 Å². The molecule has 0 radical (unpaired) electrons. The predicted octanol–water partition coefficient (Wildman–Crippen LogP) is 1.78. The summed E-state index contributed by atoms with van der Waals surface area (Å²) >= 11 is 0. The van der Waals surface area contributed by atoms with Gasteiger partial charge in [-0.05, 0) is 6.07 Å². The van der Waals surface area contributed by atoms with Gasteiger partial charge in [0.2, 0.25) is 5.95 Å². The molecule has 0 bridgehead atoms. The highest BCUT2D eigenvalue weighted by Gasteiger charge is 2.20. The van der Waals surface area contributed by atoms with Gasteiger partial charge in [-0.2, -0.15) is 15.1 Å². The van der Waals surface area contributed by atoms with Crippen molar-refractivity contribution in [1.82, 2.24) is 39.3 Å². The molecule has 178 valence electrons. The van der Waals surface area contributed by atoms with Crippen LogP contribution >= 0.6 is 0 Å². The largest absolute Gasteiger partial charge is 0.378 e. The topological polar surface area (TPSA) is 158 Å². The molecule has 6 rings (SSSR count). The molecule has 1 saturated heterocycles. The molecule has 0 aliphatic carbocycles. The van der Waals surface area contributed by atoms with E-state index in [1.54, 1.807) is 23.3 Å². The minimum Gasteiger partial charge on any atom is -0.378 e. The first kappa shape index (κ1) is 21.0. The first-order valence-corrected chi connectivity index (χ1v) is 11.0. The second-order valence-corrected chi connectivity index (χ2v) is 8.13. The first-order chi connectivity index (χ1) is 17.0. The lowest BCUT2D eigenvalue weighted by atomic mass is 10.3. The van der Waals surface area contributed by atoms with Gasteiger partial charge in [-0.15, -0.1) is 0 Å². The molecule has 5 aromatic rings. The van der Waals surface area contributed by atoms with E-state index >= 15 is 0 Å². The number of non-ortho nitro benzene ring substituents is 1. The monoisotopic (exact) mass is 475 g/mol. The van der Waals surface area contributed by atoms with Crippen LogP contribution in [0, 0.1) is 10.1 Å². The number of anilines is 2. The SMILES string of the molecule is Cn1cc(-n2cnc3c(NCc4nc5ccc([N+](=O)[O-])cc5[nH]4)nc(N4CCOCC4)nc32)cn1. The Balaban J connectivity index is 1.36. The molecular weight excluding hydrogens is 454 g/mol. The molecule has 0 amide bonds. The Bertz CT molecular complexity index is 1550. The zero-order valence-corrected chi connectivity index (χ0v) is 18.7. The molecule has 0 unspecified atom stereocenters. The summed E-state index contributed by atoms with van der Waals surface area (Å²) in [6.07, 6.45) is 5.33. The van der Waals surface area contributed by atoms with Crippen molar-refractivity contribution < 1.29 is 9.66 Å². The Morgan fingerprint density at radius 2 is 2.09 bits per heavy atom. The van der Waals surface area contributed by atoms with Crippen molar-refractivity contribution in [2.75, 3.05) is 36.5 Å². The molecule has 4 aromatic heterocycles. The maximum atomic E-state index is 11.1. The van der Waals surface area contributed by atoms with Crippen LogP contribution in [0.15, 0.2) is 36.9 Å². The van der Waals surface area contributed by atoms with Crippen molar-refractivity contribution in [2.45, 2.75) is 6.54 Å². The second-order valence-electron chi connectivity index (χ2n) is 8.13. The predicted molar refractivity (Wildman–Crippen MR) is 127 cm³/mol. The standard InChI is InChI=1S/C21H21N11O3/c1-29-11-14(9-24-29)31-12-23-18-19(27-21(28-20(18)31)30-4-6-35-7-5-30)22-10-17-25-15-3-2-13(32(33)34)8-16(15)26-17/h2-3,8-9,11-12H,4-7,10H2,1H3,(H,25,26)(H,22,27,28). The Morgan fingerprint density at radius 1 is 1.23 bits per heavy atom. The number of nitro groups is 1. The quantitative estimate of drug-likeness (QED) is 0.274. The van der Waals surface area contributed by atoms with E-state index in [-0.39, 0.29) is 5.69 Å². The molecule has 2 N–H and O–H groups in total. The average Bonchev–Trinajstić information content (AvgIpc) is 3.60. The molecule has 0 atom stereocenters. The summed E-state index contributed by atoms with van der Waals surface area (Å²) in [6.45, 7) is 2.91. The van der Waals surface area contributed by atoms with E-state index in [9.17, 15) is 10.1 Å². The van der Waals surface area contributed by atoms with Crippen LogP contribution in [0.2, 0.25) is 0 Å². The van der Waals surface area contributed by atoms with Crippen molar-refractivity contribution >= 4 is 39.7 Å². The van der Waals surface area contributed by atoms with Gasteiger partial charge in [0, 0.05) is 38.5 Å². The zero-order chi connectivity index (χ0) is 23.9. The van der Waals surface area contributed by atoms with Gasteiger partial charge in [0.05, 0.1) is 47.6 Å². The second kappa shape index (κ2) is 8.32. The summed E-state index contributed by atoms with van der Waals surface area (Å²) in [5, 5.41) is 18.6. The number of rotatable bonds is 6. The van der Waals surface area contributed by atoms with Crippen LogP contribution in [0.4, 0.5) is 17.5 Å². The van der Waals surface area contributed by atoms with E-state index in [4.69, 9.17) is 14.7 Å². The molecule has 1 aromatic carbocycles. The molecule has 0 spiro atoms. The number of aromatic amines is 1. The van der Waals surface area contributed by atoms with Crippen molar-refractivity contribution in [3.8, 4) is 5.69 Å². The normalized spacial score (nSPS) is 14.1. The number of morpholine rings is 1. The van der Waals surface area contributed by atoms with Gasteiger partial charge in [0.1, 0.15) is 12.2 Å². The average molecular weight is 475 g/mol. The number of nitrogens with zero attached hydrogens (tertiary/aromatic N) is 9. The lowest BCUT2D eigenvalue weighted by Gasteiger charge is -2.27. The smallest absolute Gasteiger partial charge is 0.271 e. The van der Waals surface area contributed by atoms with Crippen LogP contribution in [0.25, 0.3) is 27.9 Å². The van der Waals surface area contributed by atoms with Crippen LogP contribution < -0.4 is 10.2 Å². The fraction of sp³-hybridized carbons (Fsp3) is 0.286. The van der Waals surface area contributed by atoms with Gasteiger partial charge >= 0.3 is 0 Å². The Labute approximate surface area is 197 Å². The number of nitro benzene ring substituents is 1. The number of aromatic nitrogens is 8. The summed E-state index contributed by atoms with van der Waals surface area (Å²) in [6, 6.07) is 4.54. The highest BCUT2D eigenvalue weighted by atomic mass is 16.6. The number of benzene rings is 1. The summed E-state index contributed by atoms with van der Waals surface area (Å²) in [5.74, 6) is 1.76. The van der Waals surface area contributed by atoms with E-state index in [0.717, 1.165) is 5.69 Å². The third-order valence-corrected chi connectivity index (χ3v) is 5.80. The third kappa shape index (κ3) is 3.89. The summed E-state index contributed by atoms with van der Waals surface area (Å²) in [4.78, 5) is 34.5. The number of aryl methyl sites for hydroxylation is 1. The van der Waals surface area contributed by atoms with E-state index < -0.39 is 4.92 Å². The lowest BCUT2D eigenvalue weighted by Crippen LogP contribution is -2.37. The molecule has 1 aliphatic heterocycles. The summed E-state index contributed by atoms with van der Waals surface area (Å²) in [5.41, 5.74) is 3.35. The third-order valence-electron chi connectivity index (χ3n) is 5.80. The molecule has 1 fully saturated rings. The van der Waals surface area contributed by atoms with Gasteiger partial charge in [-0.1, -0.05) is 0 Å². The van der Waals surface area contributed by atoms with Crippen molar-refractivity contribution in [1.29, 1.82) is 0 Å². The van der Waals surface area contributed by atoms with E-state index in [2.05, 4.69) is 30.3 Å². The molecule has 5 heterocycles. The van der Waals surface area contributed by atoms with Gasteiger partial charge in [-0.25, -0.2) is 9.97 Å². The van der Waals surface area contributed by atoms with E-state index in [0.29, 0.717) is 72.6 Å². The molecule has 14 heteroatoms. The van der Waals surface area contributed by atoms with Crippen LogP contribution in [0.1, 0.15) is 5.82 Å². The summed E-state index contributed by atoms with van der Waals surface area (Å²) < 4.78 is 9.07. The molecule has 14 nitrogen and oxygen atoms in total. The Morgan fingerprint density at radius 3 is 2.86 bits per heavy atom. The van der Waals surface area contributed by atoms with Crippen molar-refractivity contribution in [2.24, 2.45) is 7.05 Å². The Kier molecular flexibility index (Phi) is 4.99. The fourth-order valence-corrected chi connectivity index (χ4v) is 4.05. The van der Waals surface area contributed by atoms with Gasteiger partial charge in [0.15, 0.2) is 17.0 Å².